The Hall–Kier alpha value is -4.62. The average Bonchev–Trinajstić information content (AvgIpc) is 3.49. The van der Waals surface area contributed by atoms with E-state index in [1.807, 2.05) is 14.0 Å². The lowest BCUT2D eigenvalue weighted by Gasteiger charge is -2.52. The molecule has 280 valence electrons. The molecule has 1 saturated heterocycles. The molecular weight excluding hydrogens is 674 g/mol. The van der Waals surface area contributed by atoms with Crippen molar-refractivity contribution in [2.45, 2.75) is 115 Å². The summed E-state index contributed by atoms with van der Waals surface area (Å²) in [6.07, 6.45) is -3.68. The van der Waals surface area contributed by atoms with Crippen molar-refractivity contribution in [3.05, 3.63) is 71.0 Å². The average molecular weight is 722 g/mol. The second-order valence-corrected chi connectivity index (χ2v) is 16.1. The van der Waals surface area contributed by atoms with Gasteiger partial charge in [0.15, 0.2) is 23.7 Å². The van der Waals surface area contributed by atoms with Gasteiger partial charge in [0.25, 0.3) is 0 Å². The predicted octanol–water partition coefficient (Wildman–Crippen LogP) is 5.83. The molecule has 2 aliphatic heterocycles. The third kappa shape index (κ3) is 6.60. The summed E-state index contributed by atoms with van der Waals surface area (Å²) in [6, 6.07) is 11.5. The Balaban J connectivity index is 1.32. The second-order valence-electron chi connectivity index (χ2n) is 16.1. The number of ether oxygens (including phenoxy) is 7. The van der Waals surface area contributed by atoms with Gasteiger partial charge in [-0.2, -0.15) is 0 Å². The lowest BCUT2D eigenvalue weighted by Crippen LogP contribution is -2.67. The summed E-state index contributed by atoms with van der Waals surface area (Å²) in [7, 11) is 1.96. The van der Waals surface area contributed by atoms with Crippen LogP contribution in [0.2, 0.25) is 0 Å². The van der Waals surface area contributed by atoms with Crippen LogP contribution >= 0.6 is 0 Å². The molecule has 4 aliphatic rings. The van der Waals surface area contributed by atoms with Crippen LogP contribution in [0.4, 0.5) is 9.59 Å². The van der Waals surface area contributed by atoms with E-state index in [0.717, 1.165) is 12.1 Å². The van der Waals surface area contributed by atoms with Crippen molar-refractivity contribution in [2.75, 3.05) is 13.6 Å². The molecule has 1 unspecified atom stereocenters. The number of hydrogen-bond acceptors (Lipinski definition) is 13. The van der Waals surface area contributed by atoms with Gasteiger partial charge in [-0.05, 0) is 92.5 Å². The van der Waals surface area contributed by atoms with E-state index in [4.69, 9.17) is 33.2 Å². The second kappa shape index (κ2) is 13.1. The molecule has 1 saturated carbocycles. The maximum absolute atomic E-state index is 14.1. The predicted molar refractivity (Wildman–Crippen MR) is 184 cm³/mol. The van der Waals surface area contributed by atoms with Crippen LogP contribution in [-0.4, -0.2) is 82.9 Å². The third-order valence-corrected chi connectivity index (χ3v) is 9.97. The Kier molecular flexibility index (Phi) is 9.36. The largest absolute Gasteiger partial charge is 0.514 e. The van der Waals surface area contributed by atoms with E-state index in [9.17, 15) is 24.3 Å². The number of carbonyl (C=O) groups excluding carboxylic acids is 4. The molecular formula is C39H47NO12. The van der Waals surface area contributed by atoms with Gasteiger partial charge in [-0.1, -0.05) is 36.4 Å². The van der Waals surface area contributed by atoms with Gasteiger partial charge in [-0.25, -0.2) is 19.2 Å². The van der Waals surface area contributed by atoms with Crippen LogP contribution in [0.3, 0.4) is 0 Å². The number of carbonyl (C=O) groups is 4. The highest BCUT2D eigenvalue weighted by Gasteiger charge is 2.76. The Morgan fingerprint density at radius 2 is 1.56 bits per heavy atom. The maximum atomic E-state index is 14.1. The molecule has 6 rings (SSSR count). The SMILES string of the molecule is Cc1ccc(OC(=O)OC(C)(C)C)c2c1[C@]13CC4CN(C)[C@H]4[C@]1(O)CC=C(OC(=O)[C@@H](OC(=O)[C@H](C)OC(=O)OC(C)(C)C)c1ccccc1)[C@@H]3O2. The minimum Gasteiger partial charge on any atom is -0.477 e. The van der Waals surface area contributed by atoms with Crippen LogP contribution in [0, 0.1) is 12.8 Å². The van der Waals surface area contributed by atoms with Crippen molar-refractivity contribution < 1.29 is 57.4 Å². The fourth-order valence-corrected chi connectivity index (χ4v) is 8.16. The van der Waals surface area contributed by atoms with Gasteiger partial charge in [0, 0.05) is 30.1 Å². The number of benzene rings is 2. The smallest absolute Gasteiger partial charge is 0.477 e. The molecule has 0 amide bonds. The molecule has 0 aromatic heterocycles. The van der Waals surface area contributed by atoms with Crippen molar-refractivity contribution in [1.29, 1.82) is 0 Å². The van der Waals surface area contributed by atoms with Crippen molar-refractivity contribution in [1.82, 2.24) is 4.90 Å². The molecule has 13 heteroatoms. The molecule has 2 heterocycles. The number of rotatable bonds is 7. The highest BCUT2D eigenvalue weighted by molar-refractivity contribution is 5.84. The number of likely N-dealkylation sites (tertiary alicyclic amines) is 1. The van der Waals surface area contributed by atoms with Crippen LogP contribution in [0.15, 0.2) is 54.3 Å². The number of aliphatic hydroxyl groups is 1. The molecule has 2 aliphatic carbocycles. The summed E-state index contributed by atoms with van der Waals surface area (Å²) < 4.78 is 39.8. The Labute approximate surface area is 303 Å². The normalized spacial score (nSPS) is 27.1. The zero-order chi connectivity index (χ0) is 38.0. The zero-order valence-electron chi connectivity index (χ0n) is 31.0. The highest BCUT2D eigenvalue weighted by Crippen LogP contribution is 2.68. The fourth-order valence-electron chi connectivity index (χ4n) is 8.16. The number of nitrogens with zero attached hydrogens (tertiary/aromatic N) is 1. The van der Waals surface area contributed by atoms with Crippen LogP contribution in [0.25, 0.3) is 0 Å². The monoisotopic (exact) mass is 721 g/mol. The Bertz CT molecular complexity index is 1790. The number of hydrogen-bond donors (Lipinski definition) is 1. The molecule has 0 bridgehead atoms. The molecule has 1 spiro atoms. The first kappa shape index (κ1) is 37.1. The zero-order valence-corrected chi connectivity index (χ0v) is 31.0. The first-order chi connectivity index (χ1) is 24.2. The summed E-state index contributed by atoms with van der Waals surface area (Å²) in [5.74, 6) is -1.34. The standard InChI is InChI=1S/C39H47NO12/c1-21-15-16-25(48-35(44)52-37(6,7)8)29-27(21)38-19-24-20-40(9)30(24)39(38,45)18-17-26(31(38)49-29)47-33(42)28(23-13-11-10-12-14-23)50-32(41)22(2)46-34(43)51-36(3,4)5/h10-17,22,24,28,30-31,45H,18-20H2,1-9H3/t22-,24?,28-,30+,31-,38-,39+/m0/s1. The summed E-state index contributed by atoms with van der Waals surface area (Å²) in [4.78, 5) is 54.6. The first-order valence-corrected chi connectivity index (χ1v) is 17.4. The topological polar surface area (TPSA) is 156 Å². The van der Waals surface area contributed by atoms with E-state index in [0.29, 0.717) is 17.5 Å². The van der Waals surface area contributed by atoms with Gasteiger partial charge in [-0.3, -0.25) is 4.90 Å². The minimum absolute atomic E-state index is 0.106. The van der Waals surface area contributed by atoms with Crippen molar-refractivity contribution in [2.24, 2.45) is 5.92 Å². The third-order valence-electron chi connectivity index (χ3n) is 9.97. The molecule has 2 aromatic carbocycles. The molecule has 2 fully saturated rings. The number of likely N-dealkylation sites (N-methyl/N-ethyl adjacent to an activating group) is 1. The van der Waals surface area contributed by atoms with Gasteiger partial charge in [-0.15, -0.1) is 0 Å². The fraction of sp³-hybridized carbons (Fsp3) is 0.538. The van der Waals surface area contributed by atoms with Gasteiger partial charge >= 0.3 is 24.2 Å². The van der Waals surface area contributed by atoms with Gasteiger partial charge in [0.2, 0.25) is 6.10 Å². The number of aryl methyl sites for hydroxylation is 1. The molecule has 1 N–H and O–H groups in total. The van der Waals surface area contributed by atoms with E-state index in [2.05, 4.69) is 4.90 Å². The summed E-state index contributed by atoms with van der Waals surface area (Å²) in [5.41, 5.74) is -2.29. The van der Waals surface area contributed by atoms with Crippen LogP contribution in [-0.2, 0) is 38.7 Å². The van der Waals surface area contributed by atoms with Crippen molar-refractivity contribution in [3.8, 4) is 11.5 Å². The summed E-state index contributed by atoms with van der Waals surface area (Å²) in [6.45, 7) is 14.1. The Morgan fingerprint density at radius 3 is 2.19 bits per heavy atom. The molecule has 0 radical (unpaired) electrons. The van der Waals surface area contributed by atoms with Gasteiger partial charge in [0.1, 0.15) is 17.0 Å². The lowest BCUT2D eigenvalue weighted by atomic mass is 9.60. The number of esters is 2. The summed E-state index contributed by atoms with van der Waals surface area (Å²) in [5, 5.41) is 12.7. The molecule has 52 heavy (non-hydrogen) atoms. The van der Waals surface area contributed by atoms with Crippen LogP contribution in [0.5, 0.6) is 11.5 Å². The Morgan fingerprint density at radius 1 is 0.904 bits per heavy atom. The molecule has 2 aromatic rings. The van der Waals surface area contributed by atoms with E-state index in [-0.39, 0.29) is 35.6 Å². The van der Waals surface area contributed by atoms with Crippen LogP contribution < -0.4 is 9.47 Å². The van der Waals surface area contributed by atoms with E-state index < -0.39 is 64.8 Å². The van der Waals surface area contributed by atoms with Crippen molar-refractivity contribution >= 4 is 24.2 Å². The van der Waals surface area contributed by atoms with Crippen LogP contribution in [0.1, 0.15) is 84.1 Å². The van der Waals surface area contributed by atoms with Crippen molar-refractivity contribution in [3.63, 3.8) is 0 Å². The van der Waals surface area contributed by atoms with E-state index in [1.54, 1.807) is 90.1 Å². The number of fused-ring (bicyclic) bond motifs is 3. The highest BCUT2D eigenvalue weighted by atomic mass is 16.7. The summed E-state index contributed by atoms with van der Waals surface area (Å²) >= 11 is 0. The molecule has 13 nitrogen and oxygen atoms in total. The molecule has 7 atom stereocenters. The van der Waals surface area contributed by atoms with Gasteiger partial charge in [0.05, 0.1) is 11.0 Å². The lowest BCUT2D eigenvalue weighted by molar-refractivity contribution is -0.174. The van der Waals surface area contributed by atoms with Gasteiger partial charge < -0.3 is 38.3 Å². The quantitative estimate of drug-likeness (QED) is 0.207. The van der Waals surface area contributed by atoms with E-state index >= 15 is 0 Å². The minimum atomic E-state index is -1.56. The van der Waals surface area contributed by atoms with E-state index in [1.165, 1.54) is 6.92 Å². The maximum Gasteiger partial charge on any atom is 0.514 e. The first-order valence-electron chi connectivity index (χ1n) is 17.4.